The van der Waals surface area contributed by atoms with E-state index in [2.05, 4.69) is 0 Å². The first kappa shape index (κ1) is 27.4. The predicted octanol–water partition coefficient (Wildman–Crippen LogP) is 2.55. The molecule has 0 radical (unpaired) electrons. The van der Waals surface area contributed by atoms with E-state index in [0.717, 1.165) is 11.8 Å². The number of ether oxygens (including phenoxy) is 4. The SMILES string of the molecule is COC1=C(CCO)C(=O)C(OC)=C(CCCCCC2=C(OC)C(=O)C(SC)=C(OC)C2=O)C1=O. The molecule has 0 saturated carbocycles. The molecule has 0 atom stereocenters. The first-order chi connectivity index (χ1) is 16.3. The van der Waals surface area contributed by atoms with Crippen LogP contribution in [0, 0.1) is 0 Å². The highest BCUT2D eigenvalue weighted by molar-refractivity contribution is 8.03. The zero-order valence-electron chi connectivity index (χ0n) is 20.1. The molecule has 0 bridgehead atoms. The topological polar surface area (TPSA) is 125 Å². The summed E-state index contributed by atoms with van der Waals surface area (Å²) in [5.74, 6) is -1.70. The third-order valence-electron chi connectivity index (χ3n) is 5.62. The second-order valence-corrected chi connectivity index (χ2v) is 8.27. The van der Waals surface area contributed by atoms with Crippen LogP contribution in [0.5, 0.6) is 0 Å². The van der Waals surface area contributed by atoms with Gasteiger partial charge in [-0.1, -0.05) is 6.42 Å². The lowest BCUT2D eigenvalue weighted by Gasteiger charge is -2.22. The van der Waals surface area contributed by atoms with Gasteiger partial charge in [-0.3, -0.25) is 19.2 Å². The van der Waals surface area contributed by atoms with E-state index >= 15 is 0 Å². The van der Waals surface area contributed by atoms with Gasteiger partial charge < -0.3 is 24.1 Å². The molecule has 0 saturated heterocycles. The van der Waals surface area contributed by atoms with Crippen LogP contribution in [0.25, 0.3) is 0 Å². The van der Waals surface area contributed by atoms with Gasteiger partial charge in [0.15, 0.2) is 23.0 Å². The number of methoxy groups -OCH3 is 4. The summed E-state index contributed by atoms with van der Waals surface area (Å²) >= 11 is 1.13. The van der Waals surface area contributed by atoms with E-state index in [9.17, 15) is 24.3 Å². The standard InChI is InChI=1S/C24H30O9S/c1-30-20-13(16(26)21(31-2)15(11-12-25)17(20)27)9-7-6-8-10-14-18(28)23(33-4)24(34-5)19(29)22(14)32-3/h25H,6-12H2,1-5H3. The van der Waals surface area contributed by atoms with Crippen LogP contribution >= 0.6 is 11.8 Å². The molecule has 9 nitrogen and oxygen atoms in total. The van der Waals surface area contributed by atoms with Crippen molar-refractivity contribution in [3.8, 4) is 0 Å². The monoisotopic (exact) mass is 494 g/mol. The van der Waals surface area contributed by atoms with Crippen molar-refractivity contribution in [3.05, 3.63) is 44.7 Å². The number of thioether (sulfide) groups is 1. The zero-order chi connectivity index (χ0) is 25.4. The Kier molecular flexibility index (Phi) is 10.1. The predicted molar refractivity (Wildman–Crippen MR) is 124 cm³/mol. The quantitative estimate of drug-likeness (QED) is 0.302. The van der Waals surface area contributed by atoms with Gasteiger partial charge in [0, 0.05) is 24.2 Å². The third kappa shape index (κ3) is 5.28. The molecule has 0 heterocycles. The number of carbonyl (C=O) groups excluding carboxylic acids is 4. The van der Waals surface area contributed by atoms with Crippen molar-refractivity contribution in [1.82, 2.24) is 0 Å². The molecule has 0 unspecified atom stereocenters. The van der Waals surface area contributed by atoms with Crippen LogP contribution in [-0.4, -0.2) is 69.5 Å². The Morgan fingerprint density at radius 1 is 0.588 bits per heavy atom. The Morgan fingerprint density at radius 2 is 0.971 bits per heavy atom. The van der Waals surface area contributed by atoms with Crippen molar-refractivity contribution in [1.29, 1.82) is 0 Å². The molecule has 2 rings (SSSR count). The summed E-state index contributed by atoms with van der Waals surface area (Å²) in [7, 11) is 5.34. The van der Waals surface area contributed by atoms with Gasteiger partial charge in [-0.2, -0.15) is 0 Å². The maximum atomic E-state index is 12.9. The highest BCUT2D eigenvalue weighted by Gasteiger charge is 2.37. The third-order valence-corrected chi connectivity index (χ3v) is 6.40. The van der Waals surface area contributed by atoms with Crippen LogP contribution in [0.2, 0.25) is 0 Å². The number of unbranched alkanes of at least 4 members (excludes halogenated alkanes) is 2. The molecular weight excluding hydrogens is 464 g/mol. The number of hydrogen-bond donors (Lipinski definition) is 1. The molecule has 0 amide bonds. The average molecular weight is 495 g/mol. The summed E-state index contributed by atoms with van der Waals surface area (Å²) in [5.41, 5.74) is 0.587. The molecule has 0 aromatic heterocycles. The molecule has 2 aliphatic carbocycles. The molecule has 10 heteroatoms. The molecule has 0 aromatic rings. The van der Waals surface area contributed by atoms with Crippen LogP contribution in [0.15, 0.2) is 44.7 Å². The highest BCUT2D eigenvalue weighted by Crippen LogP contribution is 2.34. The van der Waals surface area contributed by atoms with Crippen molar-refractivity contribution >= 4 is 34.9 Å². The lowest BCUT2D eigenvalue weighted by molar-refractivity contribution is -0.121. The molecule has 1 N–H and O–H groups in total. The van der Waals surface area contributed by atoms with Crippen LogP contribution in [-0.2, 0) is 38.1 Å². The second kappa shape index (κ2) is 12.6. The lowest BCUT2D eigenvalue weighted by Crippen LogP contribution is -2.26. The van der Waals surface area contributed by atoms with Gasteiger partial charge in [-0.05, 0) is 31.9 Å². The molecule has 0 aromatic carbocycles. The number of hydrogen-bond acceptors (Lipinski definition) is 10. The first-order valence-electron chi connectivity index (χ1n) is 10.8. The number of carbonyl (C=O) groups is 4. The number of Topliss-reactive ketones (excluding diaryl/α,β-unsaturated/α-hetero) is 4. The first-order valence-corrected chi connectivity index (χ1v) is 12.0. The number of aliphatic hydroxyl groups is 1. The summed E-state index contributed by atoms with van der Waals surface area (Å²) in [4.78, 5) is 51.3. The second-order valence-electron chi connectivity index (χ2n) is 7.45. The fourth-order valence-corrected chi connectivity index (χ4v) is 4.67. The Balaban J connectivity index is 2.09. The number of allylic oxidation sites excluding steroid dienone is 4. The summed E-state index contributed by atoms with van der Waals surface area (Å²) in [6, 6.07) is 0. The molecule has 0 fully saturated rings. The van der Waals surface area contributed by atoms with Gasteiger partial charge in [0.1, 0.15) is 4.91 Å². The van der Waals surface area contributed by atoms with Crippen molar-refractivity contribution in [2.75, 3.05) is 41.3 Å². The average Bonchev–Trinajstić information content (AvgIpc) is 2.83. The van der Waals surface area contributed by atoms with E-state index in [1.54, 1.807) is 6.26 Å². The lowest BCUT2D eigenvalue weighted by atomic mass is 9.88. The summed E-state index contributed by atoms with van der Waals surface area (Å²) < 4.78 is 20.8. The zero-order valence-corrected chi connectivity index (χ0v) is 20.9. The van der Waals surface area contributed by atoms with E-state index in [1.807, 2.05) is 0 Å². The molecule has 0 spiro atoms. The molecule has 186 valence electrons. The van der Waals surface area contributed by atoms with Crippen molar-refractivity contribution in [2.45, 2.75) is 38.5 Å². The Labute approximate surface area is 202 Å². The summed E-state index contributed by atoms with van der Waals surface area (Å²) in [6.45, 7) is -0.299. The Bertz CT molecular complexity index is 998. The molecular formula is C24H30O9S. The molecule has 2 aliphatic rings. The molecule has 34 heavy (non-hydrogen) atoms. The number of rotatable bonds is 13. The Hall–Kier alpha value is -2.85. The maximum Gasteiger partial charge on any atom is 0.238 e. The van der Waals surface area contributed by atoms with E-state index in [-0.39, 0.29) is 75.7 Å². The van der Waals surface area contributed by atoms with E-state index in [0.29, 0.717) is 25.7 Å². The van der Waals surface area contributed by atoms with Gasteiger partial charge in [-0.25, -0.2) is 0 Å². The van der Waals surface area contributed by atoms with Crippen molar-refractivity contribution in [3.63, 3.8) is 0 Å². The van der Waals surface area contributed by atoms with Gasteiger partial charge in [-0.15, -0.1) is 11.8 Å². The van der Waals surface area contributed by atoms with Crippen LogP contribution in [0.1, 0.15) is 38.5 Å². The normalized spacial score (nSPS) is 17.2. The van der Waals surface area contributed by atoms with Crippen molar-refractivity contribution < 1.29 is 43.2 Å². The van der Waals surface area contributed by atoms with Gasteiger partial charge in [0.05, 0.1) is 34.0 Å². The van der Waals surface area contributed by atoms with Crippen LogP contribution in [0.3, 0.4) is 0 Å². The smallest absolute Gasteiger partial charge is 0.238 e. The highest BCUT2D eigenvalue weighted by atomic mass is 32.2. The minimum absolute atomic E-state index is 0.00621. The largest absolute Gasteiger partial charge is 0.492 e. The van der Waals surface area contributed by atoms with Gasteiger partial charge in [0.2, 0.25) is 23.1 Å². The minimum atomic E-state index is -0.465. The maximum absolute atomic E-state index is 12.9. The molecule has 0 aliphatic heterocycles. The van der Waals surface area contributed by atoms with E-state index < -0.39 is 11.6 Å². The number of aliphatic hydroxyl groups excluding tert-OH is 1. The fourth-order valence-electron chi connectivity index (χ4n) is 4.03. The van der Waals surface area contributed by atoms with Gasteiger partial charge in [0.25, 0.3) is 0 Å². The van der Waals surface area contributed by atoms with Crippen LogP contribution < -0.4 is 0 Å². The van der Waals surface area contributed by atoms with E-state index in [4.69, 9.17) is 18.9 Å². The summed E-state index contributed by atoms with van der Waals surface area (Å²) in [6.07, 6.45) is 3.95. The summed E-state index contributed by atoms with van der Waals surface area (Å²) in [5, 5.41) is 9.22. The van der Waals surface area contributed by atoms with E-state index in [1.165, 1.54) is 28.4 Å². The van der Waals surface area contributed by atoms with Gasteiger partial charge >= 0.3 is 0 Å². The Morgan fingerprint density at radius 3 is 1.35 bits per heavy atom. The minimum Gasteiger partial charge on any atom is -0.492 e. The van der Waals surface area contributed by atoms with Crippen molar-refractivity contribution in [2.24, 2.45) is 0 Å². The number of ketones is 4. The fraction of sp³-hybridized carbons (Fsp3) is 0.500. The van der Waals surface area contributed by atoms with Crippen LogP contribution in [0.4, 0.5) is 0 Å².